The first-order valence-electron chi connectivity index (χ1n) is 7.21. The number of rotatable bonds is 8. The first kappa shape index (κ1) is 15.2. The maximum atomic E-state index is 5.43. The zero-order valence-corrected chi connectivity index (χ0v) is 12.4. The highest BCUT2D eigenvalue weighted by Gasteiger charge is 2.22. The summed E-state index contributed by atoms with van der Waals surface area (Å²) in [6.45, 7) is 4.71. The van der Waals surface area contributed by atoms with Gasteiger partial charge < -0.3 is 19.7 Å². The third kappa shape index (κ3) is 4.43. The molecule has 2 N–H and O–H groups in total. The fraction of sp³-hybridized carbons (Fsp3) is 0.846. The Labute approximate surface area is 120 Å². The van der Waals surface area contributed by atoms with Crippen LogP contribution in [0.2, 0.25) is 0 Å². The molecule has 1 aliphatic rings. The van der Waals surface area contributed by atoms with Crippen LogP contribution in [0.4, 0.5) is 5.95 Å². The van der Waals surface area contributed by atoms with Crippen molar-refractivity contribution in [1.29, 1.82) is 0 Å². The number of nitrogens with zero attached hydrogens (tertiary/aromatic N) is 3. The number of methoxy groups -OCH3 is 1. The van der Waals surface area contributed by atoms with Crippen LogP contribution in [0.3, 0.4) is 0 Å². The first-order valence-corrected chi connectivity index (χ1v) is 7.21. The normalized spacial score (nSPS) is 19.5. The number of H-pyrrole nitrogens is 1. The van der Waals surface area contributed by atoms with Gasteiger partial charge in [-0.25, -0.2) is 0 Å². The molecule has 0 aromatic carbocycles. The van der Waals surface area contributed by atoms with Gasteiger partial charge in [0.2, 0.25) is 5.95 Å². The molecule has 1 unspecified atom stereocenters. The van der Waals surface area contributed by atoms with Gasteiger partial charge in [-0.05, 0) is 32.4 Å². The van der Waals surface area contributed by atoms with Gasteiger partial charge in [-0.3, -0.25) is 5.10 Å². The van der Waals surface area contributed by atoms with Crippen molar-refractivity contribution in [2.24, 2.45) is 5.92 Å². The minimum atomic E-state index is 0.449. The Morgan fingerprint density at radius 3 is 3.15 bits per heavy atom. The Morgan fingerprint density at radius 1 is 1.45 bits per heavy atom. The van der Waals surface area contributed by atoms with Crippen molar-refractivity contribution in [2.75, 3.05) is 51.9 Å². The summed E-state index contributed by atoms with van der Waals surface area (Å²) in [5, 5.41) is 10.5. The Kier molecular flexibility index (Phi) is 6.23. The molecule has 2 heterocycles. The summed E-state index contributed by atoms with van der Waals surface area (Å²) in [6.07, 6.45) is 2.47. The largest absolute Gasteiger partial charge is 0.382 e. The lowest BCUT2D eigenvalue weighted by Crippen LogP contribution is -2.39. The summed E-state index contributed by atoms with van der Waals surface area (Å²) in [6, 6.07) is 0. The van der Waals surface area contributed by atoms with Crippen molar-refractivity contribution in [2.45, 2.75) is 19.4 Å². The van der Waals surface area contributed by atoms with Crippen molar-refractivity contribution in [3.63, 3.8) is 0 Å². The standard InChI is InChI=1S/C13H25N5O2/c1-14-8-11-4-3-5-18(9-11)13-15-12(16-17-13)10-20-7-6-19-2/h11,14H,3-10H2,1-2H3,(H,15,16,17). The van der Waals surface area contributed by atoms with E-state index in [1.165, 1.54) is 12.8 Å². The van der Waals surface area contributed by atoms with Crippen LogP contribution in [0, 0.1) is 5.92 Å². The zero-order valence-electron chi connectivity index (χ0n) is 12.4. The van der Waals surface area contributed by atoms with Gasteiger partial charge in [0.25, 0.3) is 0 Å². The van der Waals surface area contributed by atoms with E-state index < -0.39 is 0 Å². The van der Waals surface area contributed by atoms with Crippen molar-refractivity contribution in [1.82, 2.24) is 20.5 Å². The molecule has 114 valence electrons. The molecular weight excluding hydrogens is 258 g/mol. The third-order valence-corrected chi connectivity index (χ3v) is 3.49. The summed E-state index contributed by atoms with van der Waals surface area (Å²) in [7, 11) is 3.66. The zero-order chi connectivity index (χ0) is 14.2. The van der Waals surface area contributed by atoms with E-state index >= 15 is 0 Å². The average Bonchev–Trinajstić information content (AvgIpc) is 2.93. The van der Waals surface area contributed by atoms with Crippen molar-refractivity contribution in [3.05, 3.63) is 5.82 Å². The van der Waals surface area contributed by atoms with Gasteiger partial charge in [-0.2, -0.15) is 4.98 Å². The van der Waals surface area contributed by atoms with Crippen LogP contribution < -0.4 is 10.2 Å². The summed E-state index contributed by atoms with van der Waals surface area (Å²) in [5.74, 6) is 2.23. The minimum absolute atomic E-state index is 0.449. The molecule has 1 fully saturated rings. The van der Waals surface area contributed by atoms with Crippen molar-refractivity contribution >= 4 is 5.95 Å². The van der Waals surface area contributed by atoms with Gasteiger partial charge in [-0.15, -0.1) is 5.10 Å². The van der Waals surface area contributed by atoms with Gasteiger partial charge in [0.05, 0.1) is 13.2 Å². The summed E-state index contributed by atoms with van der Waals surface area (Å²) in [4.78, 5) is 6.75. The van der Waals surface area contributed by atoms with Crippen LogP contribution in [-0.2, 0) is 16.1 Å². The van der Waals surface area contributed by atoms with Gasteiger partial charge in [-0.1, -0.05) is 0 Å². The summed E-state index contributed by atoms with van der Waals surface area (Å²) in [5.41, 5.74) is 0. The van der Waals surface area contributed by atoms with E-state index in [0.717, 1.165) is 31.4 Å². The second-order valence-electron chi connectivity index (χ2n) is 5.14. The highest BCUT2D eigenvalue weighted by Crippen LogP contribution is 2.19. The Bertz CT molecular complexity index is 383. The van der Waals surface area contributed by atoms with E-state index in [1.54, 1.807) is 7.11 Å². The highest BCUT2D eigenvalue weighted by molar-refractivity contribution is 5.29. The predicted octanol–water partition coefficient (Wildman–Crippen LogP) is 0.404. The van der Waals surface area contributed by atoms with Crippen LogP contribution in [0.1, 0.15) is 18.7 Å². The van der Waals surface area contributed by atoms with E-state index in [9.17, 15) is 0 Å². The van der Waals surface area contributed by atoms with E-state index in [0.29, 0.717) is 25.7 Å². The average molecular weight is 283 g/mol. The molecule has 0 amide bonds. The lowest BCUT2D eigenvalue weighted by atomic mass is 9.98. The molecule has 0 spiro atoms. The van der Waals surface area contributed by atoms with Crippen LogP contribution in [0.5, 0.6) is 0 Å². The molecule has 2 rings (SSSR count). The third-order valence-electron chi connectivity index (χ3n) is 3.49. The molecule has 7 heteroatoms. The van der Waals surface area contributed by atoms with E-state index in [-0.39, 0.29) is 0 Å². The van der Waals surface area contributed by atoms with Gasteiger partial charge in [0.1, 0.15) is 6.61 Å². The Balaban J connectivity index is 1.81. The quantitative estimate of drug-likeness (QED) is 0.673. The molecule has 20 heavy (non-hydrogen) atoms. The smallest absolute Gasteiger partial charge is 0.244 e. The number of piperidine rings is 1. The molecule has 1 aromatic rings. The molecule has 0 bridgehead atoms. The Hall–Kier alpha value is -1.18. The van der Waals surface area contributed by atoms with Gasteiger partial charge in [0.15, 0.2) is 5.82 Å². The molecule has 1 aliphatic heterocycles. The number of anilines is 1. The van der Waals surface area contributed by atoms with Gasteiger partial charge in [0, 0.05) is 20.2 Å². The molecule has 7 nitrogen and oxygen atoms in total. The molecule has 1 aromatic heterocycles. The summed E-state index contributed by atoms with van der Waals surface area (Å²) < 4.78 is 10.4. The van der Waals surface area contributed by atoms with E-state index in [4.69, 9.17) is 9.47 Å². The lowest BCUT2D eigenvalue weighted by Gasteiger charge is -2.31. The number of nitrogens with one attached hydrogen (secondary N) is 2. The highest BCUT2D eigenvalue weighted by atomic mass is 16.5. The topological polar surface area (TPSA) is 75.3 Å². The molecule has 1 atom stereocenters. The monoisotopic (exact) mass is 283 g/mol. The molecule has 0 aliphatic carbocycles. The first-order chi connectivity index (χ1) is 9.83. The maximum Gasteiger partial charge on any atom is 0.244 e. The van der Waals surface area contributed by atoms with Gasteiger partial charge >= 0.3 is 0 Å². The van der Waals surface area contributed by atoms with Crippen molar-refractivity contribution in [3.8, 4) is 0 Å². The van der Waals surface area contributed by atoms with Crippen molar-refractivity contribution < 1.29 is 9.47 Å². The van der Waals surface area contributed by atoms with Crippen LogP contribution in [0.25, 0.3) is 0 Å². The number of aromatic amines is 1. The molecular formula is C13H25N5O2. The number of ether oxygens (including phenoxy) is 2. The second kappa shape index (κ2) is 8.18. The molecule has 0 saturated carbocycles. The second-order valence-corrected chi connectivity index (χ2v) is 5.14. The number of hydrogen-bond donors (Lipinski definition) is 2. The maximum absolute atomic E-state index is 5.43. The summed E-state index contributed by atoms with van der Waals surface area (Å²) >= 11 is 0. The van der Waals surface area contributed by atoms with Crippen LogP contribution in [0.15, 0.2) is 0 Å². The SMILES string of the molecule is CNCC1CCCN(c2n[nH]c(COCCOC)n2)C1. The van der Waals surface area contributed by atoms with Crippen LogP contribution in [-0.4, -0.2) is 62.2 Å². The number of aromatic nitrogens is 3. The van der Waals surface area contributed by atoms with E-state index in [1.807, 2.05) is 7.05 Å². The fourth-order valence-electron chi connectivity index (χ4n) is 2.50. The predicted molar refractivity (Wildman–Crippen MR) is 76.8 cm³/mol. The molecule has 1 saturated heterocycles. The van der Waals surface area contributed by atoms with E-state index in [2.05, 4.69) is 25.4 Å². The number of hydrogen-bond acceptors (Lipinski definition) is 6. The Morgan fingerprint density at radius 2 is 2.35 bits per heavy atom. The minimum Gasteiger partial charge on any atom is -0.382 e. The lowest BCUT2D eigenvalue weighted by molar-refractivity contribution is 0.0587. The van der Waals surface area contributed by atoms with Crippen LogP contribution >= 0.6 is 0 Å². The fourth-order valence-corrected chi connectivity index (χ4v) is 2.50. The molecule has 0 radical (unpaired) electrons.